The Labute approximate surface area is 96.2 Å². The van der Waals surface area contributed by atoms with E-state index in [-0.39, 0.29) is 18.3 Å². The third kappa shape index (κ3) is 3.53. The lowest BCUT2D eigenvalue weighted by molar-refractivity contribution is -0.142. The molecule has 1 N–H and O–H groups in total. The molecular formula is C10H11IO3. The number of esters is 1. The van der Waals surface area contributed by atoms with Crippen LogP contribution in [0, 0.1) is 0 Å². The van der Waals surface area contributed by atoms with Crippen LogP contribution < -0.4 is 0 Å². The van der Waals surface area contributed by atoms with Crippen molar-refractivity contribution >= 4 is 28.6 Å². The van der Waals surface area contributed by atoms with Crippen molar-refractivity contribution in [2.24, 2.45) is 0 Å². The van der Waals surface area contributed by atoms with E-state index in [9.17, 15) is 9.90 Å². The van der Waals surface area contributed by atoms with E-state index in [1.54, 1.807) is 12.1 Å². The van der Waals surface area contributed by atoms with Gasteiger partial charge in [-0.2, -0.15) is 0 Å². The summed E-state index contributed by atoms with van der Waals surface area (Å²) in [5.74, 6) is -0.106. The van der Waals surface area contributed by atoms with Crippen molar-refractivity contribution in [1.82, 2.24) is 0 Å². The van der Waals surface area contributed by atoms with Gasteiger partial charge in [0.1, 0.15) is 12.4 Å². The molecule has 0 atom stereocenters. The minimum absolute atomic E-state index is 0.210. The average molecular weight is 306 g/mol. The molecule has 0 spiro atoms. The van der Waals surface area contributed by atoms with Crippen LogP contribution in [0.4, 0.5) is 0 Å². The Hall–Kier alpha value is -0.780. The maximum Gasteiger partial charge on any atom is 0.302 e. The number of alkyl halides is 1. The molecule has 3 nitrogen and oxygen atoms in total. The van der Waals surface area contributed by atoms with Crippen molar-refractivity contribution in [1.29, 1.82) is 0 Å². The summed E-state index contributed by atoms with van der Waals surface area (Å²) in [6, 6.07) is 5.21. The average Bonchev–Trinajstić information content (AvgIpc) is 2.14. The summed E-state index contributed by atoms with van der Waals surface area (Å²) in [6.07, 6.45) is 0. The fourth-order valence-corrected chi connectivity index (χ4v) is 1.53. The standard InChI is InChI=1S/C10H11IO3/c1-7(12)14-6-9-2-8(5-11)3-10(13)4-9/h2-4,13H,5-6H2,1H3. The number of phenolic OH excluding ortho intramolecular Hbond substituents is 1. The molecule has 0 aliphatic rings. The maximum atomic E-state index is 10.6. The first-order chi connectivity index (χ1) is 6.61. The van der Waals surface area contributed by atoms with Crippen LogP contribution in [0.5, 0.6) is 5.75 Å². The molecule has 1 aromatic rings. The monoisotopic (exact) mass is 306 g/mol. The second-order valence-corrected chi connectivity index (χ2v) is 3.68. The lowest BCUT2D eigenvalue weighted by atomic mass is 10.1. The Morgan fingerprint density at radius 2 is 2.07 bits per heavy atom. The molecule has 0 amide bonds. The van der Waals surface area contributed by atoms with Gasteiger partial charge in [0.05, 0.1) is 0 Å². The molecule has 0 saturated heterocycles. The molecule has 0 radical (unpaired) electrons. The molecule has 1 rings (SSSR count). The van der Waals surface area contributed by atoms with E-state index in [4.69, 9.17) is 4.74 Å². The first-order valence-electron chi connectivity index (χ1n) is 4.13. The van der Waals surface area contributed by atoms with Gasteiger partial charge in [-0.15, -0.1) is 0 Å². The number of ether oxygens (including phenoxy) is 1. The van der Waals surface area contributed by atoms with Crippen LogP contribution in [-0.2, 0) is 20.6 Å². The summed E-state index contributed by atoms with van der Waals surface area (Å²) in [6.45, 7) is 1.58. The normalized spacial score (nSPS) is 9.86. The van der Waals surface area contributed by atoms with Crippen LogP contribution in [-0.4, -0.2) is 11.1 Å². The van der Waals surface area contributed by atoms with E-state index < -0.39 is 0 Å². The zero-order valence-corrected chi connectivity index (χ0v) is 9.95. The van der Waals surface area contributed by atoms with Gasteiger partial charge in [-0.25, -0.2) is 0 Å². The summed E-state index contributed by atoms with van der Waals surface area (Å²) < 4.78 is 5.65. The van der Waals surface area contributed by atoms with Gasteiger partial charge in [0.2, 0.25) is 0 Å². The molecule has 0 aliphatic heterocycles. The van der Waals surface area contributed by atoms with Crippen molar-refractivity contribution in [2.45, 2.75) is 18.0 Å². The summed E-state index contributed by atoms with van der Waals surface area (Å²) in [5.41, 5.74) is 1.83. The third-order valence-corrected chi connectivity index (χ3v) is 2.51. The van der Waals surface area contributed by atoms with E-state index in [2.05, 4.69) is 22.6 Å². The molecule has 4 heteroatoms. The maximum absolute atomic E-state index is 10.6. The van der Waals surface area contributed by atoms with Crippen LogP contribution in [0.25, 0.3) is 0 Å². The molecule has 76 valence electrons. The Balaban J connectivity index is 2.76. The van der Waals surface area contributed by atoms with Gasteiger partial charge >= 0.3 is 5.97 Å². The predicted molar refractivity (Wildman–Crippen MR) is 61.3 cm³/mol. The van der Waals surface area contributed by atoms with Crippen molar-refractivity contribution < 1.29 is 14.6 Å². The molecular weight excluding hydrogens is 295 g/mol. The predicted octanol–water partition coefficient (Wildman–Crippen LogP) is 2.39. The van der Waals surface area contributed by atoms with Crippen LogP contribution in [0.15, 0.2) is 18.2 Å². The van der Waals surface area contributed by atoms with Crippen LogP contribution >= 0.6 is 22.6 Å². The van der Waals surface area contributed by atoms with Gasteiger partial charge in [-0.3, -0.25) is 4.79 Å². The molecule has 0 heterocycles. The summed E-state index contributed by atoms with van der Waals surface area (Å²) >= 11 is 2.21. The third-order valence-electron chi connectivity index (χ3n) is 1.63. The topological polar surface area (TPSA) is 46.5 Å². The second-order valence-electron chi connectivity index (χ2n) is 2.92. The Morgan fingerprint density at radius 1 is 1.43 bits per heavy atom. The zero-order valence-electron chi connectivity index (χ0n) is 7.79. The van der Waals surface area contributed by atoms with Crippen molar-refractivity contribution in [3.05, 3.63) is 29.3 Å². The fraction of sp³-hybridized carbons (Fsp3) is 0.300. The van der Waals surface area contributed by atoms with Crippen LogP contribution in [0.2, 0.25) is 0 Å². The molecule has 0 unspecified atom stereocenters. The summed E-state index contributed by atoms with van der Waals surface area (Å²) in [7, 11) is 0. The van der Waals surface area contributed by atoms with Crippen molar-refractivity contribution in [3.63, 3.8) is 0 Å². The second kappa shape index (κ2) is 5.19. The van der Waals surface area contributed by atoms with E-state index in [1.165, 1.54) is 6.92 Å². The number of benzene rings is 1. The molecule has 0 fully saturated rings. The van der Waals surface area contributed by atoms with E-state index in [0.29, 0.717) is 0 Å². The van der Waals surface area contributed by atoms with Crippen LogP contribution in [0.1, 0.15) is 18.1 Å². The number of halogens is 1. The Bertz CT molecular complexity index is 336. The Kier molecular flexibility index (Phi) is 4.19. The first kappa shape index (κ1) is 11.3. The van der Waals surface area contributed by atoms with E-state index in [0.717, 1.165) is 15.6 Å². The number of hydrogen-bond donors (Lipinski definition) is 1. The first-order valence-corrected chi connectivity index (χ1v) is 5.65. The number of phenols is 1. The minimum atomic E-state index is -0.315. The minimum Gasteiger partial charge on any atom is -0.508 e. The van der Waals surface area contributed by atoms with E-state index in [1.807, 2.05) is 6.07 Å². The van der Waals surface area contributed by atoms with Gasteiger partial charge < -0.3 is 9.84 Å². The molecule has 14 heavy (non-hydrogen) atoms. The number of hydrogen-bond acceptors (Lipinski definition) is 3. The van der Waals surface area contributed by atoms with Gasteiger partial charge in [0, 0.05) is 11.4 Å². The number of rotatable bonds is 3. The van der Waals surface area contributed by atoms with Gasteiger partial charge in [-0.05, 0) is 23.3 Å². The van der Waals surface area contributed by atoms with Gasteiger partial charge in [0.15, 0.2) is 0 Å². The number of aromatic hydroxyl groups is 1. The summed E-state index contributed by atoms with van der Waals surface area (Å²) in [4.78, 5) is 10.6. The number of carbonyl (C=O) groups excluding carboxylic acids is 1. The molecule has 0 aliphatic carbocycles. The quantitative estimate of drug-likeness (QED) is 0.530. The smallest absolute Gasteiger partial charge is 0.302 e. The lowest BCUT2D eigenvalue weighted by Crippen LogP contribution is -1.99. The summed E-state index contributed by atoms with van der Waals surface area (Å²) in [5, 5.41) is 9.35. The Morgan fingerprint density at radius 3 is 2.64 bits per heavy atom. The highest BCUT2D eigenvalue weighted by Gasteiger charge is 2.01. The van der Waals surface area contributed by atoms with Crippen LogP contribution in [0.3, 0.4) is 0 Å². The lowest BCUT2D eigenvalue weighted by Gasteiger charge is -2.05. The molecule has 1 aromatic carbocycles. The van der Waals surface area contributed by atoms with Crippen molar-refractivity contribution in [2.75, 3.05) is 0 Å². The zero-order chi connectivity index (χ0) is 10.6. The van der Waals surface area contributed by atoms with E-state index >= 15 is 0 Å². The number of carbonyl (C=O) groups is 1. The molecule has 0 saturated carbocycles. The highest BCUT2D eigenvalue weighted by atomic mass is 127. The van der Waals surface area contributed by atoms with Gasteiger partial charge in [-0.1, -0.05) is 28.7 Å². The fourth-order valence-electron chi connectivity index (χ4n) is 1.09. The highest BCUT2D eigenvalue weighted by Crippen LogP contribution is 2.18. The van der Waals surface area contributed by atoms with Crippen molar-refractivity contribution in [3.8, 4) is 5.75 Å². The highest BCUT2D eigenvalue weighted by molar-refractivity contribution is 14.1. The molecule has 0 bridgehead atoms. The largest absolute Gasteiger partial charge is 0.508 e. The molecule has 0 aromatic heterocycles. The SMILES string of the molecule is CC(=O)OCc1cc(O)cc(CI)c1. The van der Waals surface area contributed by atoms with Gasteiger partial charge in [0.25, 0.3) is 0 Å².